The summed E-state index contributed by atoms with van der Waals surface area (Å²) in [5.41, 5.74) is 1.18. The molecule has 0 aromatic rings. The fourth-order valence-corrected chi connectivity index (χ4v) is 3.67. The van der Waals surface area contributed by atoms with Gasteiger partial charge >= 0.3 is 0 Å². The standard InChI is InChI=1S/C17H16OS/c1-2-18-12-15-14-10-4-3-5-11-16(14)19-17(15)13-8-6-7-9-13/h3-11,13-14H,2H2,1H3. The van der Waals surface area contributed by atoms with Gasteiger partial charge in [0.25, 0.3) is 0 Å². The van der Waals surface area contributed by atoms with Gasteiger partial charge in [0, 0.05) is 5.92 Å². The van der Waals surface area contributed by atoms with Gasteiger partial charge in [-0.15, -0.1) is 5.57 Å². The second-order valence-corrected chi connectivity index (χ2v) is 5.64. The molecule has 3 aliphatic rings. The lowest BCUT2D eigenvalue weighted by atomic mass is 9.91. The molecule has 1 atom stereocenters. The molecule has 96 valence electrons. The Morgan fingerprint density at radius 2 is 1.89 bits per heavy atom. The Hall–Kier alpha value is -1.67. The lowest BCUT2D eigenvalue weighted by Gasteiger charge is -2.16. The van der Waals surface area contributed by atoms with E-state index in [1.54, 1.807) is 0 Å². The lowest BCUT2D eigenvalue weighted by Crippen LogP contribution is -2.13. The van der Waals surface area contributed by atoms with E-state index in [2.05, 4.69) is 60.9 Å². The smallest absolute Gasteiger partial charge is 0.195 e. The first kappa shape index (κ1) is 12.4. The van der Waals surface area contributed by atoms with Crippen molar-refractivity contribution in [2.75, 3.05) is 6.61 Å². The molecule has 19 heavy (non-hydrogen) atoms. The van der Waals surface area contributed by atoms with Gasteiger partial charge < -0.3 is 4.74 Å². The molecule has 3 rings (SSSR count). The molecule has 0 saturated carbocycles. The van der Waals surface area contributed by atoms with Crippen LogP contribution < -0.4 is 0 Å². The highest BCUT2D eigenvalue weighted by Gasteiger charge is 2.34. The van der Waals surface area contributed by atoms with Crippen molar-refractivity contribution in [2.24, 2.45) is 11.8 Å². The van der Waals surface area contributed by atoms with Gasteiger partial charge in [-0.05, 0) is 13.0 Å². The van der Waals surface area contributed by atoms with Gasteiger partial charge in [-0.2, -0.15) is 0 Å². The van der Waals surface area contributed by atoms with E-state index in [-0.39, 0.29) is 0 Å². The highest BCUT2D eigenvalue weighted by molar-refractivity contribution is 7.83. The zero-order valence-corrected chi connectivity index (χ0v) is 11.7. The maximum atomic E-state index is 5.45. The van der Waals surface area contributed by atoms with Crippen molar-refractivity contribution in [3.8, 4) is 0 Å². The van der Waals surface area contributed by atoms with E-state index in [1.807, 2.05) is 18.3 Å². The van der Waals surface area contributed by atoms with E-state index < -0.39 is 0 Å². The molecule has 1 aliphatic heterocycles. The predicted molar refractivity (Wildman–Crippen MR) is 82.4 cm³/mol. The van der Waals surface area contributed by atoms with Crippen LogP contribution >= 0.6 is 0 Å². The highest BCUT2D eigenvalue weighted by Crippen LogP contribution is 2.35. The summed E-state index contributed by atoms with van der Waals surface area (Å²) in [7, 11) is 0. The Bertz CT molecular complexity index is 558. The molecule has 2 aliphatic carbocycles. The molecule has 1 unspecified atom stereocenters. The number of allylic oxidation sites excluding steroid dienone is 11. The van der Waals surface area contributed by atoms with E-state index in [1.165, 1.54) is 15.3 Å². The van der Waals surface area contributed by atoms with Crippen molar-refractivity contribution in [2.45, 2.75) is 6.92 Å². The molecule has 0 fully saturated rings. The van der Waals surface area contributed by atoms with Crippen LogP contribution in [0.2, 0.25) is 0 Å². The van der Waals surface area contributed by atoms with Crippen LogP contribution in [0, 0.1) is 18.1 Å². The molecular weight excluding hydrogens is 252 g/mol. The van der Waals surface area contributed by atoms with Crippen LogP contribution in [0.15, 0.2) is 65.2 Å². The molecule has 1 nitrogen and oxygen atoms in total. The number of hydrogen-bond acceptors (Lipinski definition) is 1. The van der Waals surface area contributed by atoms with Crippen LogP contribution in [0.1, 0.15) is 6.92 Å². The van der Waals surface area contributed by atoms with Gasteiger partial charge in [-0.1, -0.05) is 54.9 Å². The van der Waals surface area contributed by atoms with Gasteiger partial charge in [-0.25, -0.2) is 0 Å². The van der Waals surface area contributed by atoms with Gasteiger partial charge in [0.2, 0.25) is 0 Å². The Balaban J connectivity index is 2.00. The van der Waals surface area contributed by atoms with Crippen molar-refractivity contribution in [1.29, 1.82) is 0 Å². The first-order valence-corrected chi connectivity index (χ1v) is 7.41. The molecular formula is C17H16OS. The molecule has 1 heterocycles. The second-order valence-electron chi connectivity index (χ2n) is 4.53. The topological polar surface area (TPSA) is 9.23 Å². The van der Waals surface area contributed by atoms with E-state index >= 15 is 0 Å². The molecule has 0 radical (unpaired) electrons. The van der Waals surface area contributed by atoms with Crippen LogP contribution in [0.25, 0.3) is 0 Å². The summed E-state index contributed by atoms with van der Waals surface area (Å²) in [5, 5.41) is 0. The Morgan fingerprint density at radius 3 is 2.68 bits per heavy atom. The number of fused-ring (bicyclic) bond motifs is 1. The minimum absolute atomic E-state index is 0.295. The van der Waals surface area contributed by atoms with E-state index in [0.717, 1.165) is 0 Å². The Kier molecular flexibility index (Phi) is 3.60. The zero-order valence-electron chi connectivity index (χ0n) is 10.9. The van der Waals surface area contributed by atoms with Crippen molar-refractivity contribution in [1.82, 2.24) is 0 Å². The fraction of sp³-hybridized carbons (Fsp3) is 0.235. The molecule has 0 saturated heterocycles. The first-order chi connectivity index (χ1) is 9.40. The first-order valence-electron chi connectivity index (χ1n) is 6.60. The van der Waals surface area contributed by atoms with E-state index in [4.69, 9.17) is 4.74 Å². The summed E-state index contributed by atoms with van der Waals surface area (Å²) >= 11 is 1.86. The molecule has 2 heteroatoms. The molecule has 0 amide bonds. The monoisotopic (exact) mass is 268 g/mol. The van der Waals surface area contributed by atoms with Crippen LogP contribution in [0.3, 0.4) is 0 Å². The third-order valence-corrected chi connectivity index (χ3v) is 4.61. The van der Waals surface area contributed by atoms with Crippen LogP contribution in [0.5, 0.6) is 0 Å². The van der Waals surface area contributed by atoms with E-state index in [9.17, 15) is 0 Å². The lowest BCUT2D eigenvalue weighted by molar-refractivity contribution is 0.243. The summed E-state index contributed by atoms with van der Waals surface area (Å²) < 4.78 is 5.45. The minimum Gasteiger partial charge on any atom is -0.593 e. The third-order valence-electron chi connectivity index (χ3n) is 3.27. The van der Waals surface area contributed by atoms with Gasteiger partial charge in [0.05, 0.1) is 17.4 Å². The summed E-state index contributed by atoms with van der Waals surface area (Å²) in [5.74, 6) is 0.669. The average molecular weight is 268 g/mol. The zero-order chi connectivity index (χ0) is 13.1. The largest absolute Gasteiger partial charge is 0.593 e. The fourth-order valence-electron chi connectivity index (χ4n) is 2.38. The number of hydrogen-bond donors (Lipinski definition) is 0. The summed E-state index contributed by atoms with van der Waals surface area (Å²) in [4.78, 5) is 2.70. The predicted octanol–water partition coefficient (Wildman–Crippen LogP) is 3.35. The van der Waals surface area contributed by atoms with E-state index in [0.29, 0.717) is 18.4 Å². The van der Waals surface area contributed by atoms with Crippen LogP contribution in [-0.4, -0.2) is 11.5 Å². The number of rotatable bonds is 3. The summed E-state index contributed by atoms with van der Waals surface area (Å²) in [6.45, 7) is 2.65. The quantitative estimate of drug-likeness (QED) is 0.251. The normalized spacial score (nSPS) is 26.6. The summed E-state index contributed by atoms with van der Waals surface area (Å²) in [6, 6.07) is 0. The molecule has 0 aromatic carbocycles. The van der Waals surface area contributed by atoms with Crippen LogP contribution in [-0.2, 0) is 16.1 Å². The Morgan fingerprint density at radius 1 is 1.11 bits per heavy atom. The maximum Gasteiger partial charge on any atom is 0.195 e. The maximum absolute atomic E-state index is 5.45. The average Bonchev–Trinajstić information content (AvgIpc) is 2.99. The Labute approximate surface area is 118 Å². The minimum atomic E-state index is 0.295. The number of ether oxygens (including phenoxy) is 1. The van der Waals surface area contributed by atoms with Crippen molar-refractivity contribution >= 4 is 16.2 Å². The van der Waals surface area contributed by atoms with Crippen molar-refractivity contribution in [3.63, 3.8) is 0 Å². The van der Waals surface area contributed by atoms with Crippen LogP contribution in [0.4, 0.5) is 0 Å². The molecule has 0 aromatic heterocycles. The van der Waals surface area contributed by atoms with Gasteiger partial charge in [0.15, 0.2) is 4.91 Å². The second kappa shape index (κ2) is 5.54. The molecule has 0 bridgehead atoms. The van der Waals surface area contributed by atoms with Gasteiger partial charge in [0.1, 0.15) is 11.4 Å². The highest BCUT2D eigenvalue weighted by atomic mass is 32.1. The summed E-state index contributed by atoms with van der Waals surface area (Å²) in [6.07, 6.45) is 22.5. The van der Waals surface area contributed by atoms with Crippen molar-refractivity contribution in [3.05, 3.63) is 71.4 Å². The van der Waals surface area contributed by atoms with Crippen molar-refractivity contribution < 1.29 is 4.74 Å². The molecule has 0 spiro atoms. The third kappa shape index (κ3) is 2.41. The molecule has 0 N–H and O–H groups in total. The van der Waals surface area contributed by atoms with Gasteiger partial charge in [-0.3, -0.25) is 0 Å². The SMILES string of the molecule is CCO[C-]=C1C(C2C=CC=C2)=[S+]C2=CC=CC=CC12.